The first kappa shape index (κ1) is 18.0. The van der Waals surface area contributed by atoms with E-state index in [2.05, 4.69) is 26.0 Å². The number of phenols is 1. The van der Waals surface area contributed by atoms with Crippen LogP contribution in [0.2, 0.25) is 0 Å². The minimum absolute atomic E-state index is 0.0820. The van der Waals surface area contributed by atoms with Gasteiger partial charge in [-0.05, 0) is 64.7 Å². The van der Waals surface area contributed by atoms with Crippen molar-refractivity contribution in [1.29, 1.82) is 0 Å². The number of benzene rings is 2. The summed E-state index contributed by atoms with van der Waals surface area (Å²) in [6.07, 6.45) is 2.90. The lowest BCUT2D eigenvalue weighted by Gasteiger charge is -2.35. The van der Waals surface area contributed by atoms with Crippen LogP contribution in [-0.4, -0.2) is 23.4 Å². The molecule has 2 aliphatic rings. The predicted molar refractivity (Wildman–Crippen MR) is 105 cm³/mol. The number of hydrogen-bond acceptors (Lipinski definition) is 4. The summed E-state index contributed by atoms with van der Waals surface area (Å²) in [5.74, 6) is 3.02. The normalized spacial score (nSPS) is 20.3. The fourth-order valence-electron chi connectivity index (χ4n) is 4.03. The van der Waals surface area contributed by atoms with E-state index >= 15 is 0 Å². The van der Waals surface area contributed by atoms with Crippen LogP contribution < -0.4 is 14.2 Å². The molecule has 27 heavy (non-hydrogen) atoms. The molecule has 2 aromatic rings. The topological polar surface area (TPSA) is 47.9 Å². The second kappa shape index (κ2) is 6.66. The van der Waals surface area contributed by atoms with Crippen molar-refractivity contribution in [3.8, 4) is 23.0 Å². The minimum atomic E-state index is -0.121. The van der Waals surface area contributed by atoms with Crippen molar-refractivity contribution in [3.05, 3.63) is 47.0 Å². The number of rotatable bonds is 3. The summed E-state index contributed by atoms with van der Waals surface area (Å²) in [6, 6.07) is 9.76. The zero-order valence-electron chi connectivity index (χ0n) is 16.5. The highest BCUT2D eigenvalue weighted by atomic mass is 16.5. The maximum absolute atomic E-state index is 10.5. The highest BCUT2D eigenvalue weighted by Crippen LogP contribution is 2.45. The second-order valence-electron chi connectivity index (χ2n) is 8.49. The van der Waals surface area contributed by atoms with Gasteiger partial charge in [-0.1, -0.05) is 12.1 Å². The Morgan fingerprint density at radius 2 is 2.00 bits per heavy atom. The van der Waals surface area contributed by atoms with Crippen LogP contribution >= 0.6 is 0 Å². The molecule has 0 saturated carbocycles. The molecule has 2 heterocycles. The van der Waals surface area contributed by atoms with E-state index in [9.17, 15) is 5.11 Å². The summed E-state index contributed by atoms with van der Waals surface area (Å²) in [7, 11) is 0. The predicted octanol–water partition coefficient (Wildman–Crippen LogP) is 5.00. The monoisotopic (exact) mass is 368 g/mol. The third-order valence-electron chi connectivity index (χ3n) is 5.37. The molecule has 0 saturated heterocycles. The summed E-state index contributed by atoms with van der Waals surface area (Å²) in [5, 5.41) is 10.5. The maximum atomic E-state index is 10.5. The smallest absolute Gasteiger partial charge is 0.129 e. The van der Waals surface area contributed by atoms with Crippen molar-refractivity contribution in [2.45, 2.75) is 64.6 Å². The number of fused-ring (bicyclic) bond motifs is 3. The first-order valence-electron chi connectivity index (χ1n) is 9.78. The van der Waals surface area contributed by atoms with Crippen molar-refractivity contribution >= 4 is 0 Å². The van der Waals surface area contributed by atoms with E-state index in [0.29, 0.717) is 12.4 Å². The number of phenolic OH excluding ortho intramolecular Hbond substituents is 1. The van der Waals surface area contributed by atoms with Gasteiger partial charge in [0.25, 0.3) is 0 Å². The minimum Gasteiger partial charge on any atom is -0.508 e. The van der Waals surface area contributed by atoms with Crippen LogP contribution in [0.1, 0.15) is 56.7 Å². The van der Waals surface area contributed by atoms with Crippen LogP contribution in [0.3, 0.4) is 0 Å². The number of hydrogen-bond donors (Lipinski definition) is 1. The highest BCUT2D eigenvalue weighted by Gasteiger charge is 2.32. The molecular formula is C23H28O4. The van der Waals surface area contributed by atoms with Gasteiger partial charge in [0, 0.05) is 23.1 Å². The quantitative estimate of drug-likeness (QED) is 0.828. The lowest BCUT2D eigenvalue weighted by Crippen LogP contribution is -2.33. The van der Waals surface area contributed by atoms with Gasteiger partial charge in [-0.2, -0.15) is 0 Å². The zero-order valence-corrected chi connectivity index (χ0v) is 16.5. The lowest BCUT2D eigenvalue weighted by molar-refractivity contribution is 0.0826. The van der Waals surface area contributed by atoms with Gasteiger partial charge in [0.15, 0.2) is 0 Å². The molecule has 4 nitrogen and oxygen atoms in total. The van der Waals surface area contributed by atoms with Crippen LogP contribution in [0.25, 0.3) is 0 Å². The molecule has 4 heteroatoms. The van der Waals surface area contributed by atoms with Crippen LogP contribution in [0.4, 0.5) is 0 Å². The van der Waals surface area contributed by atoms with Crippen LogP contribution in [-0.2, 0) is 12.8 Å². The highest BCUT2D eigenvalue weighted by molar-refractivity contribution is 5.54. The molecule has 2 aliphatic heterocycles. The van der Waals surface area contributed by atoms with E-state index in [1.807, 2.05) is 26.0 Å². The van der Waals surface area contributed by atoms with Gasteiger partial charge < -0.3 is 19.3 Å². The maximum Gasteiger partial charge on any atom is 0.129 e. The SMILES string of the molecule is CC(C)Oc1ccc(C2COc3c(ccc4c3CCC(C)(C)O4)C2)c(O)c1. The van der Waals surface area contributed by atoms with Crippen molar-refractivity contribution < 1.29 is 19.3 Å². The summed E-state index contributed by atoms with van der Waals surface area (Å²) in [4.78, 5) is 0. The number of ether oxygens (including phenoxy) is 3. The largest absolute Gasteiger partial charge is 0.508 e. The number of aromatic hydroxyl groups is 1. The molecule has 2 aromatic carbocycles. The molecule has 0 aliphatic carbocycles. The molecular weight excluding hydrogens is 340 g/mol. The first-order chi connectivity index (χ1) is 12.8. The van der Waals surface area contributed by atoms with Crippen molar-refractivity contribution in [1.82, 2.24) is 0 Å². The van der Waals surface area contributed by atoms with Crippen LogP contribution in [0.15, 0.2) is 30.3 Å². The Labute approximate surface area is 161 Å². The molecule has 0 amide bonds. The standard InChI is InChI=1S/C23H28O4/c1-14(2)26-17-6-7-18(20(24)12-17)16-11-15-5-8-21-19(22(15)25-13-16)9-10-23(3,4)27-21/h5-8,12,14,16,24H,9-11,13H2,1-4H3. The Hall–Kier alpha value is -2.36. The Morgan fingerprint density at radius 3 is 2.74 bits per heavy atom. The molecule has 1 atom stereocenters. The van der Waals surface area contributed by atoms with Crippen molar-refractivity contribution in [3.63, 3.8) is 0 Å². The lowest BCUT2D eigenvalue weighted by atomic mass is 9.86. The van der Waals surface area contributed by atoms with E-state index in [0.717, 1.165) is 36.3 Å². The molecule has 0 fully saturated rings. The van der Waals surface area contributed by atoms with Crippen LogP contribution in [0.5, 0.6) is 23.0 Å². The first-order valence-corrected chi connectivity index (χ1v) is 9.78. The molecule has 0 aromatic heterocycles. The average molecular weight is 368 g/mol. The van der Waals surface area contributed by atoms with E-state index in [1.165, 1.54) is 11.1 Å². The summed E-state index contributed by atoms with van der Waals surface area (Å²) in [6.45, 7) is 8.76. The van der Waals surface area contributed by atoms with Gasteiger partial charge >= 0.3 is 0 Å². The fourth-order valence-corrected chi connectivity index (χ4v) is 4.03. The van der Waals surface area contributed by atoms with Crippen LogP contribution in [0, 0.1) is 0 Å². The Kier molecular flexibility index (Phi) is 4.45. The molecule has 0 spiro atoms. The van der Waals surface area contributed by atoms with Gasteiger partial charge in [-0.3, -0.25) is 0 Å². The molecule has 0 radical (unpaired) electrons. The summed E-state index contributed by atoms with van der Waals surface area (Å²) in [5.41, 5.74) is 3.17. The molecule has 144 valence electrons. The van der Waals surface area contributed by atoms with E-state index < -0.39 is 0 Å². The van der Waals surface area contributed by atoms with Crippen molar-refractivity contribution in [2.24, 2.45) is 0 Å². The molecule has 0 bridgehead atoms. The zero-order chi connectivity index (χ0) is 19.2. The van der Waals surface area contributed by atoms with Gasteiger partial charge in [-0.25, -0.2) is 0 Å². The summed E-state index contributed by atoms with van der Waals surface area (Å²) < 4.78 is 18.0. The third-order valence-corrected chi connectivity index (χ3v) is 5.37. The van der Waals surface area contributed by atoms with E-state index in [1.54, 1.807) is 6.07 Å². The Balaban J connectivity index is 1.58. The summed E-state index contributed by atoms with van der Waals surface area (Å²) >= 11 is 0. The third kappa shape index (κ3) is 3.58. The Morgan fingerprint density at radius 1 is 1.19 bits per heavy atom. The van der Waals surface area contributed by atoms with E-state index in [4.69, 9.17) is 14.2 Å². The van der Waals surface area contributed by atoms with Gasteiger partial charge in [0.1, 0.15) is 28.6 Å². The van der Waals surface area contributed by atoms with E-state index in [-0.39, 0.29) is 23.4 Å². The molecule has 4 rings (SSSR count). The van der Waals surface area contributed by atoms with Gasteiger partial charge in [-0.15, -0.1) is 0 Å². The van der Waals surface area contributed by atoms with Crippen molar-refractivity contribution in [2.75, 3.05) is 6.61 Å². The second-order valence-corrected chi connectivity index (χ2v) is 8.49. The fraction of sp³-hybridized carbons (Fsp3) is 0.478. The molecule has 1 N–H and O–H groups in total. The van der Waals surface area contributed by atoms with Gasteiger partial charge in [0.05, 0.1) is 12.7 Å². The average Bonchev–Trinajstić information content (AvgIpc) is 2.59. The molecule has 1 unspecified atom stereocenters. The Bertz CT molecular complexity index is 854. The van der Waals surface area contributed by atoms with Gasteiger partial charge in [0.2, 0.25) is 0 Å².